The van der Waals surface area contributed by atoms with Gasteiger partial charge in [-0.2, -0.15) is 0 Å². The molecule has 6 nitrogen and oxygen atoms in total. The van der Waals surface area contributed by atoms with E-state index in [1.165, 1.54) is 7.11 Å². The molecule has 106 valence electrons. The van der Waals surface area contributed by atoms with Crippen LogP contribution in [-0.4, -0.2) is 49.3 Å². The molecule has 0 saturated carbocycles. The second kappa shape index (κ2) is 5.21. The van der Waals surface area contributed by atoms with Gasteiger partial charge in [0.25, 0.3) is 0 Å². The average molecular weight is 269 g/mol. The van der Waals surface area contributed by atoms with Crippen molar-refractivity contribution in [3.8, 4) is 0 Å². The zero-order chi connectivity index (χ0) is 14.0. The van der Waals surface area contributed by atoms with E-state index in [2.05, 4.69) is 0 Å². The molecule has 2 rings (SSSR count). The van der Waals surface area contributed by atoms with Crippen molar-refractivity contribution in [2.75, 3.05) is 26.8 Å². The van der Waals surface area contributed by atoms with Crippen LogP contribution in [0.1, 0.15) is 26.2 Å². The first-order valence-corrected chi connectivity index (χ1v) is 6.59. The van der Waals surface area contributed by atoms with Crippen LogP contribution in [-0.2, 0) is 19.1 Å². The summed E-state index contributed by atoms with van der Waals surface area (Å²) in [5, 5.41) is 12.0. The van der Waals surface area contributed by atoms with Gasteiger partial charge in [-0.25, -0.2) is 9.59 Å². The van der Waals surface area contributed by atoms with Crippen LogP contribution in [0.25, 0.3) is 0 Å². The molecule has 0 radical (unpaired) electrons. The second-order valence-electron chi connectivity index (χ2n) is 4.90. The van der Waals surface area contributed by atoms with Gasteiger partial charge >= 0.3 is 11.9 Å². The summed E-state index contributed by atoms with van der Waals surface area (Å²) in [5.74, 6) is -1.14. The quantitative estimate of drug-likeness (QED) is 0.518. The molecule has 1 saturated heterocycles. The second-order valence-corrected chi connectivity index (χ2v) is 4.90. The molecule has 2 aliphatic heterocycles. The molecule has 0 unspecified atom stereocenters. The van der Waals surface area contributed by atoms with E-state index in [1.807, 2.05) is 0 Å². The molecule has 0 aliphatic carbocycles. The van der Waals surface area contributed by atoms with Gasteiger partial charge in [0.15, 0.2) is 6.04 Å². The van der Waals surface area contributed by atoms with Crippen LogP contribution < -0.4 is 5.11 Å². The van der Waals surface area contributed by atoms with Crippen LogP contribution in [0.3, 0.4) is 0 Å². The summed E-state index contributed by atoms with van der Waals surface area (Å²) in [6, 6.07) is -0.448. The van der Waals surface area contributed by atoms with Crippen molar-refractivity contribution in [2.45, 2.75) is 32.2 Å². The topological polar surface area (TPSA) is 75.7 Å². The third-order valence-electron chi connectivity index (χ3n) is 4.02. The highest BCUT2D eigenvalue weighted by atomic mass is 16.5. The van der Waals surface area contributed by atoms with E-state index < -0.39 is 12.0 Å². The van der Waals surface area contributed by atoms with E-state index in [9.17, 15) is 14.7 Å². The zero-order valence-electron chi connectivity index (χ0n) is 11.3. The van der Waals surface area contributed by atoms with Crippen LogP contribution >= 0.6 is 0 Å². The number of nitrogens with zero attached hydrogens (tertiary/aromatic N) is 1. The monoisotopic (exact) mass is 269 g/mol. The van der Waals surface area contributed by atoms with Crippen molar-refractivity contribution in [1.82, 2.24) is 0 Å². The van der Waals surface area contributed by atoms with Crippen molar-refractivity contribution in [1.29, 1.82) is 0 Å². The van der Waals surface area contributed by atoms with E-state index >= 15 is 0 Å². The summed E-state index contributed by atoms with van der Waals surface area (Å²) in [4.78, 5) is 23.9. The normalized spacial score (nSPS) is 29.9. The Bertz CT molecular complexity index is 431. The molecule has 0 aromatic heterocycles. The maximum Gasteiger partial charge on any atom is 0.391 e. The van der Waals surface area contributed by atoms with Crippen molar-refractivity contribution < 1.29 is 28.7 Å². The number of carbonyl (C=O) groups excluding carboxylic acids is 2. The molecule has 0 aromatic rings. The van der Waals surface area contributed by atoms with Crippen LogP contribution in [0.4, 0.5) is 0 Å². The number of esters is 2. The van der Waals surface area contributed by atoms with Gasteiger partial charge < -0.3 is 14.6 Å². The summed E-state index contributed by atoms with van der Waals surface area (Å²) in [5.41, 5.74) is 0.134. The lowest BCUT2D eigenvalue weighted by Gasteiger charge is -2.35. The lowest BCUT2D eigenvalue weighted by Crippen LogP contribution is -2.54. The van der Waals surface area contributed by atoms with Crippen molar-refractivity contribution in [2.24, 2.45) is 0 Å². The van der Waals surface area contributed by atoms with Crippen molar-refractivity contribution in [3.05, 3.63) is 11.5 Å². The Labute approximate surface area is 112 Å². The molecule has 0 amide bonds. The number of methoxy groups -OCH3 is 1. The molecule has 2 heterocycles. The molecule has 19 heavy (non-hydrogen) atoms. The lowest BCUT2D eigenvalue weighted by atomic mass is 10.2. The van der Waals surface area contributed by atoms with Gasteiger partial charge in [0, 0.05) is 19.3 Å². The summed E-state index contributed by atoms with van der Waals surface area (Å²) in [6.45, 7) is 3.04. The minimum absolute atomic E-state index is 0.129. The minimum atomic E-state index is -0.583. The average Bonchev–Trinajstić information content (AvgIpc) is 2.94. The number of ether oxygens (including phenoxy) is 2. The lowest BCUT2D eigenvalue weighted by molar-refractivity contribution is -0.886. The van der Waals surface area contributed by atoms with Crippen LogP contribution in [0.5, 0.6) is 0 Å². The van der Waals surface area contributed by atoms with Crippen LogP contribution in [0.2, 0.25) is 0 Å². The maximum absolute atomic E-state index is 12.0. The molecule has 0 bridgehead atoms. The molecule has 2 aliphatic rings. The van der Waals surface area contributed by atoms with Crippen molar-refractivity contribution >= 4 is 11.9 Å². The van der Waals surface area contributed by atoms with Gasteiger partial charge in [0.2, 0.25) is 5.70 Å². The van der Waals surface area contributed by atoms with Gasteiger partial charge in [-0.15, -0.1) is 0 Å². The summed E-state index contributed by atoms with van der Waals surface area (Å²) >= 11 is 0. The first-order valence-electron chi connectivity index (χ1n) is 6.59. The van der Waals surface area contributed by atoms with E-state index in [4.69, 9.17) is 9.47 Å². The fourth-order valence-corrected chi connectivity index (χ4v) is 3.24. The molecule has 1 fully saturated rings. The number of quaternary nitrogens is 1. The number of hydrogen-bond acceptors (Lipinski definition) is 5. The standard InChI is InChI=1S/C13H19NO5/c1-3-19-13(17)11-10(15)6-8-14(11)7-4-5-9(14)12(16)18-2/h9H,3-8H2,1-2H3/t9-,14-/m0/s1. The molecule has 0 N–H and O–H groups in total. The van der Waals surface area contributed by atoms with E-state index in [-0.39, 0.29) is 28.5 Å². The fraction of sp³-hybridized carbons (Fsp3) is 0.692. The molecular weight excluding hydrogens is 250 g/mol. The van der Waals surface area contributed by atoms with Crippen molar-refractivity contribution in [3.63, 3.8) is 0 Å². The fourth-order valence-electron chi connectivity index (χ4n) is 3.24. The Hall–Kier alpha value is -1.56. The Kier molecular flexibility index (Phi) is 3.80. The van der Waals surface area contributed by atoms with Gasteiger partial charge in [-0.1, -0.05) is 5.76 Å². The smallest absolute Gasteiger partial charge is 0.391 e. The van der Waals surface area contributed by atoms with E-state index in [1.54, 1.807) is 6.92 Å². The number of carbonyl (C=O) groups is 2. The first kappa shape index (κ1) is 13.9. The zero-order valence-corrected chi connectivity index (χ0v) is 11.3. The Morgan fingerprint density at radius 3 is 2.79 bits per heavy atom. The summed E-state index contributed by atoms with van der Waals surface area (Å²) in [7, 11) is 1.33. The highest BCUT2D eigenvalue weighted by Gasteiger charge is 2.54. The summed E-state index contributed by atoms with van der Waals surface area (Å²) < 4.78 is 9.92. The first-order chi connectivity index (χ1) is 9.06. The van der Waals surface area contributed by atoms with E-state index in [0.717, 1.165) is 6.42 Å². The molecular formula is C13H19NO5. The Balaban J connectivity index is 2.36. The van der Waals surface area contributed by atoms with Gasteiger partial charge in [0.05, 0.1) is 26.8 Å². The highest BCUT2D eigenvalue weighted by molar-refractivity contribution is 5.88. The Morgan fingerprint density at radius 1 is 1.42 bits per heavy atom. The van der Waals surface area contributed by atoms with Gasteiger partial charge in [-0.05, 0) is 6.92 Å². The number of hydrogen-bond donors (Lipinski definition) is 0. The Morgan fingerprint density at radius 2 is 2.16 bits per heavy atom. The molecule has 0 aromatic carbocycles. The predicted octanol–water partition coefficient (Wildman–Crippen LogP) is -0.323. The largest absolute Gasteiger partial charge is 0.871 e. The van der Waals surface area contributed by atoms with Gasteiger partial charge in [0.1, 0.15) is 0 Å². The van der Waals surface area contributed by atoms with E-state index in [0.29, 0.717) is 25.9 Å². The van der Waals surface area contributed by atoms with Gasteiger partial charge in [-0.3, -0.25) is 4.48 Å². The predicted molar refractivity (Wildman–Crippen MR) is 63.3 cm³/mol. The third-order valence-corrected chi connectivity index (χ3v) is 4.02. The molecule has 2 atom stereocenters. The summed E-state index contributed by atoms with van der Waals surface area (Å²) in [6.07, 6.45) is 1.74. The molecule has 1 spiro atoms. The SMILES string of the molecule is CCOC(=O)C1=C([O-])CC[N@+]12CCC[C@H]2C(=O)OC. The molecule has 6 heteroatoms. The van der Waals surface area contributed by atoms with Crippen LogP contribution in [0.15, 0.2) is 11.5 Å². The highest BCUT2D eigenvalue weighted by Crippen LogP contribution is 2.39. The number of rotatable bonds is 3. The minimum Gasteiger partial charge on any atom is -0.871 e. The van der Waals surface area contributed by atoms with Crippen LogP contribution in [0, 0.1) is 0 Å². The maximum atomic E-state index is 12.0. The third kappa shape index (κ3) is 2.10.